The summed E-state index contributed by atoms with van der Waals surface area (Å²) in [4.78, 5) is 21.6. The van der Waals surface area contributed by atoms with Gasteiger partial charge in [-0.15, -0.1) is 0 Å². The standard InChI is InChI=1S/C14H21N3O3/c1-3-7-20-11-5-4-6-17(9-11)14-15-10(2)8-12(16-14)13(18)19/h8,11H,3-7,9H2,1-2H3,(H,18,19). The molecule has 0 amide bonds. The molecule has 1 fully saturated rings. The second-order valence-corrected chi connectivity index (χ2v) is 5.08. The van der Waals surface area contributed by atoms with E-state index >= 15 is 0 Å². The van der Waals surface area contributed by atoms with E-state index < -0.39 is 5.97 Å². The van der Waals surface area contributed by atoms with E-state index in [4.69, 9.17) is 9.84 Å². The normalized spacial score (nSPS) is 19.1. The van der Waals surface area contributed by atoms with E-state index in [0.29, 0.717) is 11.6 Å². The average Bonchev–Trinajstić information content (AvgIpc) is 2.44. The Balaban J connectivity index is 2.12. The van der Waals surface area contributed by atoms with Crippen LogP contribution in [0.1, 0.15) is 42.4 Å². The number of aryl methyl sites for hydroxylation is 1. The average molecular weight is 279 g/mol. The van der Waals surface area contributed by atoms with Crippen molar-refractivity contribution in [3.05, 3.63) is 17.5 Å². The van der Waals surface area contributed by atoms with Crippen molar-refractivity contribution in [2.45, 2.75) is 39.2 Å². The maximum absolute atomic E-state index is 11.1. The quantitative estimate of drug-likeness (QED) is 0.887. The van der Waals surface area contributed by atoms with Gasteiger partial charge in [-0.3, -0.25) is 0 Å². The van der Waals surface area contributed by atoms with Gasteiger partial charge in [0.25, 0.3) is 0 Å². The molecule has 1 aliphatic heterocycles. The number of nitrogens with zero attached hydrogens (tertiary/aromatic N) is 3. The van der Waals surface area contributed by atoms with Crippen LogP contribution in [0.25, 0.3) is 0 Å². The molecule has 6 heteroatoms. The second kappa shape index (κ2) is 6.65. The smallest absolute Gasteiger partial charge is 0.354 e. The van der Waals surface area contributed by atoms with Crippen molar-refractivity contribution >= 4 is 11.9 Å². The number of carboxylic acids is 1. The Morgan fingerprint density at radius 3 is 3.05 bits per heavy atom. The van der Waals surface area contributed by atoms with Crippen LogP contribution in [0, 0.1) is 6.92 Å². The van der Waals surface area contributed by atoms with Crippen LogP contribution < -0.4 is 4.90 Å². The minimum atomic E-state index is -1.02. The van der Waals surface area contributed by atoms with Gasteiger partial charge in [-0.1, -0.05) is 6.92 Å². The molecular weight excluding hydrogens is 258 g/mol. The van der Waals surface area contributed by atoms with E-state index in [9.17, 15) is 4.79 Å². The zero-order chi connectivity index (χ0) is 14.5. The Morgan fingerprint density at radius 1 is 1.55 bits per heavy atom. The van der Waals surface area contributed by atoms with Crippen molar-refractivity contribution < 1.29 is 14.6 Å². The molecule has 2 heterocycles. The predicted octanol–water partition coefficient (Wildman–Crippen LogP) is 1.88. The lowest BCUT2D eigenvalue weighted by molar-refractivity contribution is 0.0437. The van der Waals surface area contributed by atoms with Gasteiger partial charge >= 0.3 is 5.97 Å². The SMILES string of the molecule is CCCOC1CCCN(c2nc(C)cc(C(=O)O)n2)C1. The number of aromatic carboxylic acids is 1. The Morgan fingerprint density at radius 2 is 2.35 bits per heavy atom. The van der Waals surface area contributed by atoms with Crippen molar-refractivity contribution in [3.8, 4) is 0 Å². The summed E-state index contributed by atoms with van der Waals surface area (Å²) in [7, 11) is 0. The predicted molar refractivity (Wildman–Crippen MR) is 75.2 cm³/mol. The van der Waals surface area contributed by atoms with Gasteiger partial charge in [-0.05, 0) is 32.3 Å². The molecule has 0 aliphatic carbocycles. The largest absolute Gasteiger partial charge is 0.477 e. The van der Waals surface area contributed by atoms with Gasteiger partial charge in [-0.25, -0.2) is 14.8 Å². The van der Waals surface area contributed by atoms with Gasteiger partial charge in [-0.2, -0.15) is 0 Å². The summed E-state index contributed by atoms with van der Waals surface area (Å²) in [5.74, 6) is -0.528. The van der Waals surface area contributed by atoms with Crippen LogP contribution in [0.4, 0.5) is 5.95 Å². The van der Waals surface area contributed by atoms with Crippen LogP contribution in [0.2, 0.25) is 0 Å². The fourth-order valence-electron chi connectivity index (χ4n) is 2.34. The molecule has 0 bridgehead atoms. The number of hydrogen-bond acceptors (Lipinski definition) is 5. The molecule has 6 nitrogen and oxygen atoms in total. The van der Waals surface area contributed by atoms with Crippen LogP contribution in [0.5, 0.6) is 0 Å². The lowest BCUT2D eigenvalue weighted by atomic mass is 10.1. The molecule has 110 valence electrons. The minimum Gasteiger partial charge on any atom is -0.477 e. The third-order valence-electron chi connectivity index (χ3n) is 3.28. The maximum Gasteiger partial charge on any atom is 0.354 e. The Kier molecular flexibility index (Phi) is 4.89. The first kappa shape index (κ1) is 14.7. The van der Waals surface area contributed by atoms with E-state index in [2.05, 4.69) is 16.9 Å². The Hall–Kier alpha value is -1.69. The first-order valence-corrected chi connectivity index (χ1v) is 7.05. The number of piperidine rings is 1. The lowest BCUT2D eigenvalue weighted by Crippen LogP contribution is -2.41. The molecule has 1 aliphatic rings. The molecule has 0 saturated carbocycles. The molecule has 1 saturated heterocycles. The van der Waals surface area contributed by atoms with E-state index in [-0.39, 0.29) is 11.8 Å². The summed E-state index contributed by atoms with van der Waals surface area (Å²) in [5.41, 5.74) is 0.716. The molecule has 2 rings (SSSR count). The molecule has 1 aromatic rings. The molecule has 0 radical (unpaired) electrons. The number of ether oxygens (including phenoxy) is 1. The molecule has 1 atom stereocenters. The number of rotatable bonds is 5. The summed E-state index contributed by atoms with van der Waals surface area (Å²) in [6, 6.07) is 1.49. The number of anilines is 1. The van der Waals surface area contributed by atoms with Gasteiger partial charge in [0.15, 0.2) is 5.69 Å². The van der Waals surface area contributed by atoms with E-state index in [1.165, 1.54) is 6.07 Å². The van der Waals surface area contributed by atoms with Crippen molar-refractivity contribution in [1.82, 2.24) is 9.97 Å². The highest BCUT2D eigenvalue weighted by atomic mass is 16.5. The zero-order valence-electron chi connectivity index (χ0n) is 12.0. The van der Waals surface area contributed by atoms with Gasteiger partial charge in [0.2, 0.25) is 5.95 Å². The summed E-state index contributed by atoms with van der Waals surface area (Å²) in [5, 5.41) is 9.07. The molecule has 1 unspecified atom stereocenters. The van der Waals surface area contributed by atoms with Crippen LogP contribution in [0.15, 0.2) is 6.07 Å². The summed E-state index contributed by atoms with van der Waals surface area (Å²) in [6.07, 6.45) is 3.23. The third-order valence-corrected chi connectivity index (χ3v) is 3.28. The number of aromatic nitrogens is 2. The first-order chi connectivity index (χ1) is 9.60. The van der Waals surface area contributed by atoms with Gasteiger partial charge in [0.1, 0.15) is 0 Å². The fraction of sp³-hybridized carbons (Fsp3) is 0.643. The third kappa shape index (κ3) is 3.66. The molecular formula is C14H21N3O3. The van der Waals surface area contributed by atoms with Crippen LogP contribution in [0.3, 0.4) is 0 Å². The first-order valence-electron chi connectivity index (χ1n) is 7.05. The molecule has 1 N–H and O–H groups in total. The van der Waals surface area contributed by atoms with Crippen molar-refractivity contribution in [3.63, 3.8) is 0 Å². The number of carboxylic acid groups (broad SMARTS) is 1. The monoisotopic (exact) mass is 279 g/mol. The van der Waals surface area contributed by atoms with Gasteiger partial charge in [0.05, 0.1) is 6.10 Å². The summed E-state index contributed by atoms with van der Waals surface area (Å²) in [6.45, 7) is 6.20. The highest BCUT2D eigenvalue weighted by Gasteiger charge is 2.23. The minimum absolute atomic E-state index is 0.0455. The molecule has 0 aromatic carbocycles. The summed E-state index contributed by atoms with van der Waals surface area (Å²) >= 11 is 0. The topological polar surface area (TPSA) is 75.5 Å². The van der Waals surface area contributed by atoms with E-state index in [1.54, 1.807) is 6.92 Å². The maximum atomic E-state index is 11.1. The highest BCUT2D eigenvalue weighted by molar-refractivity contribution is 5.85. The van der Waals surface area contributed by atoms with Crippen LogP contribution >= 0.6 is 0 Å². The van der Waals surface area contributed by atoms with Crippen molar-refractivity contribution in [2.24, 2.45) is 0 Å². The van der Waals surface area contributed by atoms with E-state index in [1.807, 2.05) is 4.90 Å². The Bertz CT molecular complexity index is 479. The molecule has 20 heavy (non-hydrogen) atoms. The van der Waals surface area contributed by atoms with Gasteiger partial charge < -0.3 is 14.7 Å². The Labute approximate surface area is 118 Å². The second-order valence-electron chi connectivity index (χ2n) is 5.08. The van der Waals surface area contributed by atoms with Crippen molar-refractivity contribution in [2.75, 3.05) is 24.6 Å². The van der Waals surface area contributed by atoms with Crippen LogP contribution in [-0.2, 0) is 4.74 Å². The lowest BCUT2D eigenvalue weighted by Gasteiger charge is -2.32. The summed E-state index contributed by atoms with van der Waals surface area (Å²) < 4.78 is 5.78. The molecule has 1 aromatic heterocycles. The zero-order valence-corrected chi connectivity index (χ0v) is 12.0. The molecule has 0 spiro atoms. The number of carbonyl (C=O) groups is 1. The van der Waals surface area contributed by atoms with Crippen LogP contribution in [-0.4, -0.2) is 46.8 Å². The fourth-order valence-corrected chi connectivity index (χ4v) is 2.34. The van der Waals surface area contributed by atoms with E-state index in [0.717, 1.165) is 39.0 Å². The number of hydrogen-bond donors (Lipinski definition) is 1. The van der Waals surface area contributed by atoms with Crippen molar-refractivity contribution in [1.29, 1.82) is 0 Å². The highest BCUT2D eigenvalue weighted by Crippen LogP contribution is 2.19. The van der Waals surface area contributed by atoms with Gasteiger partial charge in [0, 0.05) is 25.4 Å².